The van der Waals surface area contributed by atoms with Gasteiger partial charge in [0.2, 0.25) is 0 Å². The summed E-state index contributed by atoms with van der Waals surface area (Å²) in [6.45, 7) is 4.21. The van der Waals surface area contributed by atoms with E-state index in [2.05, 4.69) is 5.32 Å². The third-order valence-corrected chi connectivity index (χ3v) is 3.94. The van der Waals surface area contributed by atoms with Crippen LogP contribution in [0.5, 0.6) is 0 Å². The SMILES string of the molecule is CCC(C)C(NC(=O)N(C)Cc1cccs1)C(=O)O. The Bertz CT molecular complexity index is 420. The van der Waals surface area contributed by atoms with Gasteiger partial charge in [-0.05, 0) is 17.4 Å². The summed E-state index contributed by atoms with van der Waals surface area (Å²) in [4.78, 5) is 25.7. The Morgan fingerprint density at radius 3 is 2.68 bits per heavy atom. The molecule has 1 rings (SSSR count). The Balaban J connectivity index is 2.58. The van der Waals surface area contributed by atoms with Crippen LogP contribution in [0.2, 0.25) is 0 Å². The van der Waals surface area contributed by atoms with Crippen molar-refractivity contribution in [2.75, 3.05) is 7.05 Å². The second-order valence-corrected chi connectivity index (χ2v) is 5.62. The van der Waals surface area contributed by atoms with Crippen molar-refractivity contribution in [1.29, 1.82) is 0 Å². The molecule has 0 spiro atoms. The van der Waals surface area contributed by atoms with Crippen LogP contribution in [0, 0.1) is 5.92 Å². The van der Waals surface area contributed by atoms with Crippen molar-refractivity contribution in [1.82, 2.24) is 10.2 Å². The largest absolute Gasteiger partial charge is 0.480 e. The van der Waals surface area contributed by atoms with Crippen molar-refractivity contribution >= 4 is 23.3 Å². The van der Waals surface area contributed by atoms with Crippen LogP contribution in [0.4, 0.5) is 4.79 Å². The third kappa shape index (κ3) is 4.55. The molecule has 106 valence electrons. The van der Waals surface area contributed by atoms with Crippen LogP contribution in [0.25, 0.3) is 0 Å². The molecular formula is C13H20N2O3S. The number of hydrogen-bond donors (Lipinski definition) is 2. The summed E-state index contributed by atoms with van der Waals surface area (Å²) in [6, 6.07) is 2.66. The fourth-order valence-corrected chi connectivity index (χ4v) is 2.39. The highest BCUT2D eigenvalue weighted by atomic mass is 32.1. The summed E-state index contributed by atoms with van der Waals surface area (Å²) in [5.41, 5.74) is 0. The molecule has 1 heterocycles. The first-order chi connectivity index (χ1) is 8.95. The number of hydrogen-bond acceptors (Lipinski definition) is 3. The summed E-state index contributed by atoms with van der Waals surface area (Å²) in [5, 5.41) is 13.6. The lowest BCUT2D eigenvalue weighted by atomic mass is 9.99. The Kier molecular flexibility index (Phi) is 5.82. The van der Waals surface area contributed by atoms with E-state index >= 15 is 0 Å². The number of nitrogens with zero attached hydrogens (tertiary/aromatic N) is 1. The number of carbonyl (C=O) groups is 2. The lowest BCUT2D eigenvalue weighted by molar-refractivity contribution is -0.140. The van der Waals surface area contributed by atoms with Gasteiger partial charge in [-0.2, -0.15) is 0 Å². The van der Waals surface area contributed by atoms with E-state index in [-0.39, 0.29) is 11.9 Å². The van der Waals surface area contributed by atoms with Gasteiger partial charge in [0.15, 0.2) is 0 Å². The number of thiophene rings is 1. The van der Waals surface area contributed by atoms with Crippen LogP contribution in [0.15, 0.2) is 17.5 Å². The van der Waals surface area contributed by atoms with Gasteiger partial charge in [-0.1, -0.05) is 26.3 Å². The molecule has 0 aliphatic carbocycles. The second-order valence-electron chi connectivity index (χ2n) is 4.59. The molecule has 19 heavy (non-hydrogen) atoms. The van der Waals surface area contributed by atoms with E-state index in [0.29, 0.717) is 13.0 Å². The molecule has 5 nitrogen and oxygen atoms in total. The van der Waals surface area contributed by atoms with Crippen LogP contribution in [-0.2, 0) is 11.3 Å². The molecule has 1 aromatic heterocycles. The maximum absolute atomic E-state index is 12.0. The van der Waals surface area contributed by atoms with Crippen molar-refractivity contribution in [3.05, 3.63) is 22.4 Å². The minimum atomic E-state index is -0.993. The highest BCUT2D eigenvalue weighted by Gasteiger charge is 2.26. The zero-order valence-electron chi connectivity index (χ0n) is 11.4. The first kappa shape index (κ1) is 15.5. The molecule has 1 aromatic rings. The molecule has 2 atom stereocenters. The molecule has 0 radical (unpaired) electrons. The topological polar surface area (TPSA) is 69.6 Å². The van der Waals surface area contributed by atoms with Crippen molar-refractivity contribution < 1.29 is 14.7 Å². The monoisotopic (exact) mass is 284 g/mol. The lowest BCUT2D eigenvalue weighted by Crippen LogP contribution is -2.49. The van der Waals surface area contributed by atoms with Gasteiger partial charge in [0.1, 0.15) is 6.04 Å². The molecule has 0 aliphatic heterocycles. The van der Waals surface area contributed by atoms with Gasteiger partial charge in [0.25, 0.3) is 0 Å². The normalized spacial score (nSPS) is 13.6. The number of rotatable bonds is 6. The number of nitrogens with one attached hydrogen (secondary N) is 1. The van der Waals surface area contributed by atoms with Gasteiger partial charge in [0, 0.05) is 11.9 Å². The number of urea groups is 1. The second kappa shape index (κ2) is 7.13. The Morgan fingerprint density at radius 1 is 1.53 bits per heavy atom. The molecule has 2 unspecified atom stereocenters. The van der Waals surface area contributed by atoms with Crippen molar-refractivity contribution in [3.8, 4) is 0 Å². The maximum Gasteiger partial charge on any atom is 0.326 e. The van der Waals surface area contributed by atoms with Gasteiger partial charge < -0.3 is 15.3 Å². The average Bonchev–Trinajstić information content (AvgIpc) is 2.86. The van der Waals surface area contributed by atoms with Crippen LogP contribution < -0.4 is 5.32 Å². The zero-order chi connectivity index (χ0) is 14.4. The molecule has 6 heteroatoms. The molecule has 0 bridgehead atoms. The van der Waals surface area contributed by atoms with Crippen LogP contribution in [0.3, 0.4) is 0 Å². The van der Waals surface area contributed by atoms with Crippen molar-refractivity contribution in [2.24, 2.45) is 5.92 Å². The van der Waals surface area contributed by atoms with E-state index in [1.54, 1.807) is 18.4 Å². The first-order valence-corrected chi connectivity index (χ1v) is 7.10. The van der Waals surface area contributed by atoms with Crippen LogP contribution in [0.1, 0.15) is 25.1 Å². The average molecular weight is 284 g/mol. The van der Waals surface area contributed by atoms with Crippen LogP contribution in [-0.4, -0.2) is 35.1 Å². The van der Waals surface area contributed by atoms with Crippen LogP contribution >= 0.6 is 11.3 Å². The Hall–Kier alpha value is -1.56. The van der Waals surface area contributed by atoms with E-state index < -0.39 is 12.0 Å². The summed E-state index contributed by atoms with van der Waals surface area (Å²) in [5.74, 6) is -1.09. The van der Waals surface area contributed by atoms with E-state index in [1.165, 1.54) is 4.90 Å². The van der Waals surface area contributed by atoms with Crippen molar-refractivity contribution in [2.45, 2.75) is 32.9 Å². The van der Waals surface area contributed by atoms with Crippen molar-refractivity contribution in [3.63, 3.8) is 0 Å². The molecule has 2 amide bonds. The summed E-state index contributed by atoms with van der Waals surface area (Å²) >= 11 is 1.57. The molecule has 2 N–H and O–H groups in total. The number of aliphatic carboxylic acids is 1. The van der Waals surface area contributed by atoms with Gasteiger partial charge >= 0.3 is 12.0 Å². The molecule has 0 aromatic carbocycles. The number of carbonyl (C=O) groups excluding carboxylic acids is 1. The number of carboxylic acid groups (broad SMARTS) is 1. The van der Waals surface area contributed by atoms with Gasteiger partial charge in [-0.25, -0.2) is 9.59 Å². The summed E-state index contributed by atoms with van der Waals surface area (Å²) in [6.07, 6.45) is 0.700. The van der Waals surface area contributed by atoms with E-state index in [0.717, 1.165) is 4.88 Å². The predicted octanol–water partition coefficient (Wildman–Crippen LogP) is 2.39. The van der Waals surface area contributed by atoms with E-state index in [4.69, 9.17) is 5.11 Å². The maximum atomic E-state index is 12.0. The lowest BCUT2D eigenvalue weighted by Gasteiger charge is -2.24. The van der Waals surface area contributed by atoms with Gasteiger partial charge in [0.05, 0.1) is 6.54 Å². The number of carboxylic acids is 1. The predicted molar refractivity (Wildman–Crippen MR) is 75.2 cm³/mol. The summed E-state index contributed by atoms with van der Waals surface area (Å²) < 4.78 is 0. The number of amides is 2. The standard InChI is InChI=1S/C13H20N2O3S/c1-4-9(2)11(12(16)17)14-13(18)15(3)8-10-6-5-7-19-10/h5-7,9,11H,4,8H2,1-3H3,(H,14,18)(H,16,17). The van der Waals surface area contributed by atoms with Gasteiger partial charge in [-0.15, -0.1) is 11.3 Å². The van der Waals surface area contributed by atoms with Gasteiger partial charge in [-0.3, -0.25) is 0 Å². The summed E-state index contributed by atoms with van der Waals surface area (Å²) in [7, 11) is 1.66. The zero-order valence-corrected chi connectivity index (χ0v) is 12.2. The van der Waals surface area contributed by atoms with E-state index in [1.807, 2.05) is 31.4 Å². The quantitative estimate of drug-likeness (QED) is 0.842. The van der Waals surface area contributed by atoms with E-state index in [9.17, 15) is 9.59 Å². The third-order valence-electron chi connectivity index (χ3n) is 3.08. The minimum Gasteiger partial charge on any atom is -0.480 e. The highest BCUT2D eigenvalue weighted by Crippen LogP contribution is 2.12. The minimum absolute atomic E-state index is 0.100. The fraction of sp³-hybridized carbons (Fsp3) is 0.538. The highest BCUT2D eigenvalue weighted by molar-refractivity contribution is 7.09. The molecule has 0 saturated heterocycles. The molecule has 0 aliphatic rings. The molecular weight excluding hydrogens is 264 g/mol. The smallest absolute Gasteiger partial charge is 0.326 e. The Labute approximate surface area is 117 Å². The molecule has 0 fully saturated rings. The fourth-order valence-electron chi connectivity index (χ4n) is 1.63. The Morgan fingerprint density at radius 2 is 2.21 bits per heavy atom. The molecule has 0 saturated carbocycles. The first-order valence-electron chi connectivity index (χ1n) is 6.22.